The zero-order valence-corrected chi connectivity index (χ0v) is 18.6. The monoisotopic (exact) mass is 464 g/mol. The second-order valence-corrected chi connectivity index (χ2v) is 9.41. The molecule has 2 saturated carbocycles. The van der Waals surface area contributed by atoms with Gasteiger partial charge in [0.25, 0.3) is 0 Å². The summed E-state index contributed by atoms with van der Waals surface area (Å²) in [6, 6.07) is 13.9. The lowest BCUT2D eigenvalue weighted by Gasteiger charge is -2.29. The van der Waals surface area contributed by atoms with Crippen molar-refractivity contribution in [3.8, 4) is 0 Å². The SMILES string of the molecule is CCOC(=O)c1ccc(N2C(=O)[C@@H]3[C@@H]4C[C@H]([C@H]5ON=C(c6ccc(Cl)cc6)[C@H]45)[C@@H]3C2=O)cc1. The van der Waals surface area contributed by atoms with Crippen LogP contribution in [0.3, 0.4) is 0 Å². The van der Waals surface area contributed by atoms with E-state index in [4.69, 9.17) is 21.2 Å². The van der Waals surface area contributed by atoms with Gasteiger partial charge in [-0.25, -0.2) is 4.79 Å². The lowest BCUT2D eigenvalue weighted by molar-refractivity contribution is -0.125. The smallest absolute Gasteiger partial charge is 0.338 e. The van der Waals surface area contributed by atoms with Crippen LogP contribution >= 0.6 is 11.6 Å². The van der Waals surface area contributed by atoms with E-state index in [0.717, 1.165) is 17.7 Å². The fourth-order valence-electron chi connectivity index (χ4n) is 6.20. The van der Waals surface area contributed by atoms with Crippen LogP contribution in [0, 0.1) is 29.6 Å². The number of oxime groups is 1. The number of imide groups is 1. The van der Waals surface area contributed by atoms with Crippen LogP contribution in [0.25, 0.3) is 0 Å². The van der Waals surface area contributed by atoms with Gasteiger partial charge in [0.05, 0.1) is 35.4 Å². The Bertz CT molecular complexity index is 1190. The summed E-state index contributed by atoms with van der Waals surface area (Å²) in [5.41, 5.74) is 2.62. The Hall–Kier alpha value is -3.19. The molecule has 0 aromatic heterocycles. The number of nitrogens with zero attached hydrogens (tertiary/aromatic N) is 2. The van der Waals surface area contributed by atoms with E-state index < -0.39 is 11.9 Å². The zero-order chi connectivity index (χ0) is 22.9. The number of benzene rings is 2. The minimum Gasteiger partial charge on any atom is -0.462 e. The standard InChI is InChI=1S/C25H21ClN2O5/c1-2-32-25(31)13-5-9-15(10-6-13)28-23(29)18-16-11-17(19(18)24(28)30)22-20(16)21(27-33-22)12-3-7-14(26)8-4-12/h3-10,16-20,22H,2,11H2,1H3/t16-,17-,18+,19-,20-,22+/m0/s1. The molecule has 8 heteroatoms. The molecule has 0 radical (unpaired) electrons. The molecule has 0 N–H and O–H groups in total. The molecule has 2 bridgehead atoms. The quantitative estimate of drug-likeness (QED) is 0.509. The summed E-state index contributed by atoms with van der Waals surface area (Å²) in [5.74, 6) is -1.63. The molecule has 33 heavy (non-hydrogen) atoms. The Morgan fingerprint density at radius 2 is 1.70 bits per heavy atom. The molecule has 2 aromatic carbocycles. The number of fused-ring (bicyclic) bond motifs is 8. The molecule has 2 aliphatic heterocycles. The molecular formula is C25H21ClN2O5. The van der Waals surface area contributed by atoms with Crippen LogP contribution in [0.1, 0.15) is 29.3 Å². The fraction of sp³-hybridized carbons (Fsp3) is 0.360. The molecule has 6 rings (SSSR count). The molecule has 4 aliphatic rings. The molecule has 7 nitrogen and oxygen atoms in total. The fourth-order valence-corrected chi connectivity index (χ4v) is 6.33. The third-order valence-electron chi connectivity index (χ3n) is 7.47. The maximum atomic E-state index is 13.5. The van der Waals surface area contributed by atoms with Gasteiger partial charge < -0.3 is 9.57 Å². The summed E-state index contributed by atoms with van der Waals surface area (Å²) in [4.78, 5) is 45.9. The Labute approximate surface area is 195 Å². The van der Waals surface area contributed by atoms with Gasteiger partial charge in [-0.15, -0.1) is 0 Å². The second-order valence-electron chi connectivity index (χ2n) is 8.97. The first-order valence-electron chi connectivity index (χ1n) is 11.1. The number of carbonyl (C=O) groups is 3. The van der Waals surface area contributed by atoms with Crippen LogP contribution in [0.2, 0.25) is 5.02 Å². The van der Waals surface area contributed by atoms with Crippen molar-refractivity contribution in [2.75, 3.05) is 11.5 Å². The Morgan fingerprint density at radius 1 is 1.03 bits per heavy atom. The van der Waals surface area contributed by atoms with Crippen molar-refractivity contribution >= 4 is 40.8 Å². The number of anilines is 1. The lowest BCUT2D eigenvalue weighted by atomic mass is 9.71. The number of halogens is 1. The number of esters is 1. The van der Waals surface area contributed by atoms with E-state index in [-0.39, 0.29) is 48.2 Å². The van der Waals surface area contributed by atoms with Crippen LogP contribution in [0.15, 0.2) is 53.7 Å². The molecule has 0 unspecified atom stereocenters. The topological polar surface area (TPSA) is 85.3 Å². The number of rotatable bonds is 4. The zero-order valence-electron chi connectivity index (χ0n) is 17.8. The van der Waals surface area contributed by atoms with Crippen molar-refractivity contribution in [3.05, 3.63) is 64.7 Å². The highest BCUT2D eigenvalue weighted by molar-refractivity contribution is 6.30. The van der Waals surface area contributed by atoms with Gasteiger partial charge in [0, 0.05) is 16.9 Å². The van der Waals surface area contributed by atoms with E-state index in [1.165, 1.54) is 4.90 Å². The number of amides is 2. The molecule has 2 aliphatic carbocycles. The van der Waals surface area contributed by atoms with Gasteiger partial charge >= 0.3 is 5.97 Å². The van der Waals surface area contributed by atoms with E-state index in [0.29, 0.717) is 16.3 Å². The number of hydrogen-bond donors (Lipinski definition) is 0. The van der Waals surface area contributed by atoms with E-state index in [9.17, 15) is 14.4 Å². The maximum Gasteiger partial charge on any atom is 0.338 e. The van der Waals surface area contributed by atoms with Crippen LogP contribution in [-0.4, -0.2) is 36.2 Å². The van der Waals surface area contributed by atoms with Crippen LogP contribution in [0.4, 0.5) is 5.69 Å². The minimum absolute atomic E-state index is 0.00202. The third kappa shape index (κ3) is 2.88. The molecule has 168 valence electrons. The van der Waals surface area contributed by atoms with Gasteiger partial charge in [-0.05, 0) is 61.2 Å². The minimum atomic E-state index is -0.433. The summed E-state index contributed by atoms with van der Waals surface area (Å²) in [6.07, 6.45) is 0.592. The number of carbonyl (C=O) groups excluding carboxylic acids is 3. The Morgan fingerprint density at radius 3 is 2.36 bits per heavy atom. The van der Waals surface area contributed by atoms with Crippen molar-refractivity contribution < 1.29 is 24.0 Å². The molecule has 2 amide bonds. The summed E-state index contributed by atoms with van der Waals surface area (Å²) < 4.78 is 5.01. The predicted molar refractivity (Wildman–Crippen MR) is 120 cm³/mol. The van der Waals surface area contributed by atoms with E-state index in [2.05, 4.69) is 5.16 Å². The molecule has 6 atom stereocenters. The highest BCUT2D eigenvalue weighted by Gasteiger charge is 2.70. The van der Waals surface area contributed by atoms with Crippen LogP contribution in [0.5, 0.6) is 0 Å². The Balaban J connectivity index is 1.28. The van der Waals surface area contributed by atoms with E-state index in [1.807, 2.05) is 24.3 Å². The Kier molecular flexibility index (Phi) is 4.59. The molecular weight excluding hydrogens is 444 g/mol. The van der Waals surface area contributed by atoms with Gasteiger partial charge in [0.15, 0.2) is 0 Å². The van der Waals surface area contributed by atoms with Crippen molar-refractivity contribution in [1.82, 2.24) is 0 Å². The first-order valence-corrected chi connectivity index (χ1v) is 11.5. The summed E-state index contributed by atoms with van der Waals surface area (Å²) >= 11 is 6.03. The third-order valence-corrected chi connectivity index (χ3v) is 7.72. The van der Waals surface area contributed by atoms with Gasteiger partial charge in [-0.2, -0.15) is 0 Å². The number of ether oxygens (including phenoxy) is 1. The van der Waals surface area contributed by atoms with Gasteiger partial charge in [0.2, 0.25) is 11.8 Å². The van der Waals surface area contributed by atoms with Gasteiger partial charge in [0.1, 0.15) is 6.10 Å². The van der Waals surface area contributed by atoms with Crippen molar-refractivity contribution in [2.24, 2.45) is 34.7 Å². The largest absolute Gasteiger partial charge is 0.462 e. The lowest BCUT2D eigenvalue weighted by Crippen LogP contribution is -2.41. The normalized spacial score (nSPS) is 31.3. The molecule has 0 spiro atoms. The van der Waals surface area contributed by atoms with Crippen LogP contribution in [-0.2, 0) is 19.2 Å². The highest BCUT2D eigenvalue weighted by Crippen LogP contribution is 2.62. The maximum absolute atomic E-state index is 13.5. The highest BCUT2D eigenvalue weighted by atomic mass is 35.5. The first kappa shape index (κ1) is 20.4. The molecule has 2 heterocycles. The van der Waals surface area contributed by atoms with Crippen LogP contribution < -0.4 is 4.90 Å². The molecule has 2 aromatic rings. The second kappa shape index (κ2) is 7.42. The predicted octanol–water partition coefficient (Wildman–Crippen LogP) is 3.69. The van der Waals surface area contributed by atoms with Crippen molar-refractivity contribution in [3.63, 3.8) is 0 Å². The average Bonchev–Trinajstić information content (AvgIpc) is 3.55. The first-order chi connectivity index (χ1) is 16.0. The summed E-state index contributed by atoms with van der Waals surface area (Å²) in [6.45, 7) is 2.02. The van der Waals surface area contributed by atoms with E-state index in [1.54, 1.807) is 31.2 Å². The van der Waals surface area contributed by atoms with Crippen molar-refractivity contribution in [2.45, 2.75) is 19.4 Å². The summed E-state index contributed by atoms with van der Waals surface area (Å²) in [5, 5.41) is 4.99. The molecule has 3 fully saturated rings. The average molecular weight is 465 g/mol. The van der Waals surface area contributed by atoms with Gasteiger partial charge in [-0.3, -0.25) is 14.5 Å². The van der Waals surface area contributed by atoms with E-state index >= 15 is 0 Å². The summed E-state index contributed by atoms with van der Waals surface area (Å²) in [7, 11) is 0. The number of hydrogen-bond acceptors (Lipinski definition) is 6. The van der Waals surface area contributed by atoms with Gasteiger partial charge in [-0.1, -0.05) is 28.9 Å². The molecule has 1 saturated heterocycles. The van der Waals surface area contributed by atoms with Crippen molar-refractivity contribution in [1.29, 1.82) is 0 Å².